The number of halogens is 3. The van der Waals surface area contributed by atoms with Crippen molar-refractivity contribution >= 4 is 43.5 Å². The van der Waals surface area contributed by atoms with Gasteiger partial charge in [0.1, 0.15) is 0 Å². The predicted octanol–water partition coefficient (Wildman–Crippen LogP) is 4.99. The van der Waals surface area contributed by atoms with Gasteiger partial charge < -0.3 is 0 Å². The van der Waals surface area contributed by atoms with Crippen LogP contribution in [-0.2, 0) is 6.54 Å². The molecule has 2 bridgehead atoms. The fraction of sp³-hybridized carbons (Fsp3) is 0.571. The van der Waals surface area contributed by atoms with Gasteiger partial charge in [-0.2, -0.15) is 0 Å². The van der Waals surface area contributed by atoms with Crippen LogP contribution in [0.15, 0.2) is 22.7 Å². The summed E-state index contributed by atoms with van der Waals surface area (Å²) in [6.07, 6.45) is 5.26. The van der Waals surface area contributed by atoms with Crippen LogP contribution in [0.1, 0.15) is 31.2 Å². The third-order valence-electron chi connectivity index (χ3n) is 4.19. The molecule has 0 aliphatic carbocycles. The monoisotopic (exact) mass is 391 g/mol. The molecule has 4 heteroatoms. The summed E-state index contributed by atoms with van der Waals surface area (Å²) in [5.41, 5.74) is 1.25. The fourth-order valence-electron chi connectivity index (χ4n) is 3.31. The van der Waals surface area contributed by atoms with Crippen molar-refractivity contribution in [3.63, 3.8) is 0 Å². The summed E-state index contributed by atoms with van der Waals surface area (Å²) in [7, 11) is 0. The highest BCUT2D eigenvalue weighted by atomic mass is 79.9. The summed E-state index contributed by atoms with van der Waals surface area (Å²) >= 11 is 13.6. The number of hydrogen-bond acceptors (Lipinski definition) is 1. The van der Waals surface area contributed by atoms with Crippen LogP contribution >= 0.6 is 43.5 Å². The highest BCUT2D eigenvalue weighted by Crippen LogP contribution is 2.40. The van der Waals surface area contributed by atoms with Crippen molar-refractivity contribution in [3.05, 3.63) is 33.3 Å². The molecule has 1 nitrogen and oxygen atoms in total. The Morgan fingerprint density at radius 1 is 1.22 bits per heavy atom. The second kappa shape index (κ2) is 5.43. The molecule has 0 saturated carbocycles. The van der Waals surface area contributed by atoms with Crippen molar-refractivity contribution < 1.29 is 0 Å². The lowest BCUT2D eigenvalue weighted by Gasteiger charge is -2.37. The van der Waals surface area contributed by atoms with Crippen LogP contribution in [0.4, 0.5) is 0 Å². The topological polar surface area (TPSA) is 3.24 Å². The minimum atomic E-state index is 0.714. The van der Waals surface area contributed by atoms with Crippen molar-refractivity contribution in [3.8, 4) is 0 Å². The molecule has 2 unspecified atom stereocenters. The Morgan fingerprint density at radius 3 is 2.50 bits per heavy atom. The number of fused-ring (bicyclic) bond motifs is 2. The molecule has 0 spiro atoms. The van der Waals surface area contributed by atoms with Crippen LogP contribution in [0.25, 0.3) is 0 Å². The number of nitrogens with zero attached hydrogens (tertiary/aromatic N) is 1. The molecular formula is C14H16Br2ClN. The minimum Gasteiger partial charge on any atom is -0.293 e. The number of rotatable bonds is 2. The molecule has 1 aromatic rings. The number of hydrogen-bond donors (Lipinski definition) is 0. The molecule has 0 radical (unpaired) electrons. The Labute approximate surface area is 130 Å². The van der Waals surface area contributed by atoms with E-state index in [1.165, 1.54) is 31.2 Å². The van der Waals surface area contributed by atoms with Gasteiger partial charge in [0, 0.05) is 33.0 Å². The van der Waals surface area contributed by atoms with E-state index in [-0.39, 0.29) is 0 Å². The quantitative estimate of drug-likeness (QED) is 0.640. The Hall–Kier alpha value is 0.430. The molecule has 2 heterocycles. The van der Waals surface area contributed by atoms with E-state index in [4.69, 9.17) is 11.6 Å². The molecule has 2 atom stereocenters. The third-order valence-corrected chi connectivity index (χ3v) is 5.79. The SMILES string of the molecule is Clc1cc(Br)ccc1CN1C2CCC1CC(Br)C2. The summed E-state index contributed by atoms with van der Waals surface area (Å²) in [6, 6.07) is 7.71. The van der Waals surface area contributed by atoms with E-state index >= 15 is 0 Å². The summed E-state index contributed by atoms with van der Waals surface area (Å²) in [5, 5.41) is 0.879. The maximum Gasteiger partial charge on any atom is 0.0462 e. The predicted molar refractivity (Wildman–Crippen MR) is 83.5 cm³/mol. The van der Waals surface area contributed by atoms with Gasteiger partial charge in [0.15, 0.2) is 0 Å². The average molecular weight is 394 g/mol. The first-order chi connectivity index (χ1) is 8.63. The van der Waals surface area contributed by atoms with E-state index < -0.39 is 0 Å². The molecule has 2 fully saturated rings. The maximum atomic E-state index is 6.33. The molecule has 1 aromatic carbocycles. The summed E-state index contributed by atoms with van der Waals surface area (Å²) < 4.78 is 1.05. The molecular weight excluding hydrogens is 377 g/mol. The first-order valence-corrected chi connectivity index (χ1v) is 8.56. The van der Waals surface area contributed by atoms with Gasteiger partial charge in [-0.15, -0.1) is 0 Å². The zero-order valence-corrected chi connectivity index (χ0v) is 14.0. The Morgan fingerprint density at radius 2 is 1.89 bits per heavy atom. The molecule has 3 rings (SSSR count). The van der Waals surface area contributed by atoms with E-state index in [2.05, 4.69) is 48.9 Å². The summed E-state index contributed by atoms with van der Waals surface area (Å²) in [5.74, 6) is 0. The van der Waals surface area contributed by atoms with Gasteiger partial charge in [-0.05, 0) is 43.4 Å². The van der Waals surface area contributed by atoms with Gasteiger partial charge in [0.2, 0.25) is 0 Å². The first-order valence-electron chi connectivity index (χ1n) is 6.47. The van der Waals surface area contributed by atoms with Crippen LogP contribution in [0, 0.1) is 0 Å². The van der Waals surface area contributed by atoms with Crippen LogP contribution in [0.5, 0.6) is 0 Å². The fourth-order valence-corrected chi connectivity index (χ4v) is 4.91. The molecule has 0 N–H and O–H groups in total. The van der Waals surface area contributed by atoms with Crippen molar-refractivity contribution in [1.82, 2.24) is 4.90 Å². The van der Waals surface area contributed by atoms with Gasteiger partial charge in [0.25, 0.3) is 0 Å². The van der Waals surface area contributed by atoms with Crippen molar-refractivity contribution in [1.29, 1.82) is 0 Å². The minimum absolute atomic E-state index is 0.714. The first kappa shape index (κ1) is 13.4. The van der Waals surface area contributed by atoms with Crippen molar-refractivity contribution in [2.45, 2.75) is 49.1 Å². The van der Waals surface area contributed by atoms with E-state index in [1.54, 1.807) is 0 Å². The normalized spacial score (nSPS) is 31.8. The zero-order valence-electron chi connectivity index (χ0n) is 10.1. The smallest absolute Gasteiger partial charge is 0.0462 e. The summed E-state index contributed by atoms with van der Waals surface area (Å²) in [4.78, 5) is 3.37. The molecule has 2 saturated heterocycles. The van der Waals surface area contributed by atoms with Crippen LogP contribution < -0.4 is 0 Å². The Bertz CT molecular complexity index is 437. The molecule has 2 aliphatic rings. The number of piperidine rings is 1. The van der Waals surface area contributed by atoms with Gasteiger partial charge in [-0.25, -0.2) is 0 Å². The lowest BCUT2D eigenvalue weighted by Crippen LogP contribution is -2.42. The highest BCUT2D eigenvalue weighted by molar-refractivity contribution is 9.10. The van der Waals surface area contributed by atoms with Crippen LogP contribution in [-0.4, -0.2) is 21.8 Å². The maximum absolute atomic E-state index is 6.33. The van der Waals surface area contributed by atoms with Gasteiger partial charge in [0.05, 0.1) is 0 Å². The number of alkyl halides is 1. The molecule has 0 amide bonds. The van der Waals surface area contributed by atoms with E-state index in [1.807, 2.05) is 6.07 Å². The molecule has 0 aromatic heterocycles. The van der Waals surface area contributed by atoms with Gasteiger partial charge >= 0.3 is 0 Å². The lowest BCUT2D eigenvalue weighted by molar-refractivity contribution is 0.137. The van der Waals surface area contributed by atoms with Crippen molar-refractivity contribution in [2.24, 2.45) is 0 Å². The van der Waals surface area contributed by atoms with Crippen LogP contribution in [0.2, 0.25) is 5.02 Å². The van der Waals surface area contributed by atoms with Crippen LogP contribution in [0.3, 0.4) is 0 Å². The van der Waals surface area contributed by atoms with E-state index in [9.17, 15) is 0 Å². The highest BCUT2D eigenvalue weighted by Gasteiger charge is 2.39. The Kier molecular flexibility index (Phi) is 4.05. The zero-order chi connectivity index (χ0) is 12.7. The van der Waals surface area contributed by atoms with Gasteiger partial charge in [-0.1, -0.05) is 49.5 Å². The molecule has 18 heavy (non-hydrogen) atoms. The van der Waals surface area contributed by atoms with E-state index in [0.717, 1.165) is 28.1 Å². The summed E-state index contributed by atoms with van der Waals surface area (Å²) in [6.45, 7) is 1.00. The largest absolute Gasteiger partial charge is 0.293 e. The van der Waals surface area contributed by atoms with Gasteiger partial charge in [-0.3, -0.25) is 4.90 Å². The van der Waals surface area contributed by atoms with Crippen molar-refractivity contribution in [2.75, 3.05) is 0 Å². The van der Waals surface area contributed by atoms with E-state index in [0.29, 0.717) is 4.83 Å². The average Bonchev–Trinajstić information content (AvgIpc) is 2.56. The lowest BCUT2D eigenvalue weighted by atomic mass is 10.0. The third kappa shape index (κ3) is 2.65. The molecule has 2 aliphatic heterocycles. The standard InChI is InChI=1S/C14H16Br2ClN/c15-10-2-1-9(14(17)7-10)8-18-12-3-4-13(18)6-11(16)5-12/h1-2,7,11-13H,3-6,8H2. The second-order valence-electron chi connectivity index (χ2n) is 5.36. The molecule has 98 valence electrons. The second-order valence-corrected chi connectivity index (χ2v) is 7.98. The Balaban J connectivity index is 1.77. The number of benzene rings is 1.